The van der Waals surface area contributed by atoms with Crippen LogP contribution in [0.25, 0.3) is 0 Å². The Bertz CT molecular complexity index is 487. The minimum atomic E-state index is -0.239. The van der Waals surface area contributed by atoms with Gasteiger partial charge >= 0.3 is 0 Å². The number of nitrogens with two attached hydrogens (primary N) is 1. The molecule has 0 aliphatic carbocycles. The molecule has 1 amide bonds. The first-order valence-corrected chi connectivity index (χ1v) is 8.61. The fourth-order valence-electron chi connectivity index (χ4n) is 2.57. The Morgan fingerprint density at radius 2 is 2.09 bits per heavy atom. The molecule has 0 bridgehead atoms. The van der Waals surface area contributed by atoms with Crippen molar-refractivity contribution in [3.63, 3.8) is 0 Å². The lowest BCUT2D eigenvalue weighted by molar-refractivity contribution is -0.122. The summed E-state index contributed by atoms with van der Waals surface area (Å²) in [6.07, 6.45) is 5.44. The highest BCUT2D eigenvalue weighted by atomic mass is 35.5. The van der Waals surface area contributed by atoms with Gasteiger partial charge in [0.2, 0.25) is 5.91 Å². The molecule has 1 unspecified atom stereocenters. The highest BCUT2D eigenvalue weighted by molar-refractivity contribution is 7.99. The van der Waals surface area contributed by atoms with Crippen molar-refractivity contribution in [1.82, 2.24) is 5.32 Å². The molecule has 1 atom stereocenters. The van der Waals surface area contributed by atoms with E-state index in [9.17, 15) is 9.18 Å². The van der Waals surface area contributed by atoms with Crippen molar-refractivity contribution in [3.05, 3.63) is 29.6 Å². The second kappa shape index (κ2) is 10.1. The summed E-state index contributed by atoms with van der Waals surface area (Å²) in [6.45, 7) is 0.717. The highest BCUT2D eigenvalue weighted by Crippen LogP contribution is 2.36. The quantitative estimate of drug-likeness (QED) is 0.738. The number of benzene rings is 1. The molecule has 1 aliphatic rings. The molecule has 0 radical (unpaired) electrons. The summed E-state index contributed by atoms with van der Waals surface area (Å²) >= 11 is 1.73. The number of hydrogen-bond acceptors (Lipinski definition) is 3. The molecule has 0 saturated carbocycles. The monoisotopic (exact) mass is 346 g/mol. The molecule has 1 aliphatic heterocycles. The zero-order valence-corrected chi connectivity index (χ0v) is 14.3. The fraction of sp³-hybridized carbons (Fsp3) is 0.562. The Morgan fingerprint density at radius 3 is 2.86 bits per heavy atom. The summed E-state index contributed by atoms with van der Waals surface area (Å²) in [7, 11) is 0. The molecule has 0 fully saturated rings. The van der Waals surface area contributed by atoms with Crippen LogP contribution >= 0.6 is 24.2 Å². The van der Waals surface area contributed by atoms with Gasteiger partial charge in [0.15, 0.2) is 0 Å². The van der Waals surface area contributed by atoms with Crippen LogP contribution in [-0.2, 0) is 4.79 Å². The van der Waals surface area contributed by atoms with Gasteiger partial charge in [-0.2, -0.15) is 0 Å². The molecule has 0 saturated heterocycles. The molecule has 3 nitrogen and oxygen atoms in total. The summed E-state index contributed by atoms with van der Waals surface area (Å²) in [5.74, 6) is 0.784. The second-order valence-corrected chi connectivity index (χ2v) is 6.53. The minimum Gasteiger partial charge on any atom is -0.349 e. The Kier molecular flexibility index (Phi) is 8.83. The summed E-state index contributed by atoms with van der Waals surface area (Å²) in [6, 6.07) is 4.79. The number of carbonyl (C=O) groups excluding carboxylic acids is 1. The lowest BCUT2D eigenvalue weighted by atomic mass is 10.0. The molecule has 2 rings (SSSR count). The van der Waals surface area contributed by atoms with Crippen LogP contribution in [0, 0.1) is 5.82 Å². The summed E-state index contributed by atoms with van der Waals surface area (Å²) < 4.78 is 13.4. The normalized spacial score (nSPS) is 16.5. The minimum absolute atomic E-state index is 0. The summed E-state index contributed by atoms with van der Waals surface area (Å²) in [4.78, 5) is 13.1. The average Bonchev–Trinajstić information content (AvgIpc) is 2.48. The van der Waals surface area contributed by atoms with Crippen LogP contribution in [0.1, 0.15) is 50.1 Å². The van der Waals surface area contributed by atoms with E-state index in [1.807, 2.05) is 0 Å². The number of rotatable bonds is 7. The van der Waals surface area contributed by atoms with E-state index in [-0.39, 0.29) is 30.2 Å². The standard InChI is InChI=1S/C16H23FN2OS.ClH/c17-12-6-7-15-13(11-12)14(8-10-21-15)19-16(20)5-3-1-2-4-9-18;/h6-7,11,14H,1-5,8-10,18H2,(H,19,20);1H. The van der Waals surface area contributed by atoms with Crippen LogP contribution < -0.4 is 11.1 Å². The molecule has 124 valence electrons. The van der Waals surface area contributed by atoms with Crippen LogP contribution in [0.5, 0.6) is 0 Å². The molecular weight excluding hydrogens is 323 g/mol. The van der Waals surface area contributed by atoms with E-state index in [1.165, 1.54) is 6.07 Å². The van der Waals surface area contributed by atoms with E-state index in [4.69, 9.17) is 5.73 Å². The molecule has 0 spiro atoms. The van der Waals surface area contributed by atoms with E-state index in [0.29, 0.717) is 13.0 Å². The largest absolute Gasteiger partial charge is 0.349 e. The van der Waals surface area contributed by atoms with Gasteiger partial charge in [-0.05, 0) is 49.6 Å². The maximum atomic E-state index is 13.4. The number of nitrogens with one attached hydrogen (secondary N) is 1. The first-order chi connectivity index (χ1) is 10.2. The van der Waals surface area contributed by atoms with Crippen LogP contribution in [0.4, 0.5) is 4.39 Å². The lowest BCUT2D eigenvalue weighted by Crippen LogP contribution is -2.30. The van der Waals surface area contributed by atoms with Gasteiger partial charge in [-0.3, -0.25) is 4.79 Å². The van der Waals surface area contributed by atoms with Crippen LogP contribution in [0.15, 0.2) is 23.1 Å². The van der Waals surface area contributed by atoms with E-state index in [2.05, 4.69) is 5.32 Å². The number of hydrogen-bond donors (Lipinski definition) is 2. The van der Waals surface area contributed by atoms with E-state index < -0.39 is 0 Å². The highest BCUT2D eigenvalue weighted by Gasteiger charge is 2.22. The van der Waals surface area contributed by atoms with Gasteiger partial charge in [-0.15, -0.1) is 24.2 Å². The molecule has 1 aromatic rings. The van der Waals surface area contributed by atoms with Crippen LogP contribution in [0.2, 0.25) is 0 Å². The van der Waals surface area contributed by atoms with Crippen molar-refractivity contribution >= 4 is 30.1 Å². The average molecular weight is 347 g/mol. The smallest absolute Gasteiger partial charge is 0.220 e. The summed E-state index contributed by atoms with van der Waals surface area (Å²) in [5.41, 5.74) is 6.36. The first kappa shape index (κ1) is 19.3. The Balaban J connectivity index is 0.00000242. The SMILES string of the molecule is Cl.NCCCCCCC(=O)NC1CCSc2ccc(F)cc21. The van der Waals surface area contributed by atoms with Crippen molar-refractivity contribution in [2.45, 2.75) is 49.5 Å². The van der Waals surface area contributed by atoms with Crippen molar-refractivity contribution < 1.29 is 9.18 Å². The Labute approximate surface area is 142 Å². The van der Waals surface area contributed by atoms with E-state index >= 15 is 0 Å². The van der Waals surface area contributed by atoms with Gasteiger partial charge in [-0.25, -0.2) is 4.39 Å². The molecule has 6 heteroatoms. The maximum absolute atomic E-state index is 13.4. The van der Waals surface area contributed by atoms with Gasteiger partial charge in [0, 0.05) is 17.1 Å². The van der Waals surface area contributed by atoms with Gasteiger partial charge in [0.05, 0.1) is 6.04 Å². The molecular formula is C16H24ClFN2OS. The zero-order valence-electron chi connectivity index (χ0n) is 12.6. The lowest BCUT2D eigenvalue weighted by Gasteiger charge is -2.26. The van der Waals surface area contributed by atoms with Crippen LogP contribution in [0.3, 0.4) is 0 Å². The van der Waals surface area contributed by atoms with Gasteiger partial charge < -0.3 is 11.1 Å². The Hall–Kier alpha value is -0.780. The third-order valence-electron chi connectivity index (χ3n) is 3.70. The van der Waals surface area contributed by atoms with E-state index in [0.717, 1.165) is 48.3 Å². The summed E-state index contributed by atoms with van der Waals surface area (Å²) in [5, 5.41) is 3.05. The fourth-order valence-corrected chi connectivity index (χ4v) is 3.67. The predicted molar refractivity (Wildman–Crippen MR) is 92.0 cm³/mol. The predicted octanol–water partition coefficient (Wildman–Crippen LogP) is 3.81. The molecule has 22 heavy (non-hydrogen) atoms. The van der Waals surface area contributed by atoms with Crippen molar-refractivity contribution in [2.75, 3.05) is 12.3 Å². The molecule has 0 aromatic heterocycles. The first-order valence-electron chi connectivity index (χ1n) is 7.62. The number of unbranched alkanes of at least 4 members (excludes halogenated alkanes) is 3. The Morgan fingerprint density at radius 1 is 1.32 bits per heavy atom. The molecule has 1 heterocycles. The maximum Gasteiger partial charge on any atom is 0.220 e. The van der Waals surface area contributed by atoms with E-state index in [1.54, 1.807) is 23.9 Å². The number of amides is 1. The third kappa shape index (κ3) is 5.78. The third-order valence-corrected chi connectivity index (χ3v) is 4.83. The van der Waals surface area contributed by atoms with Gasteiger partial charge in [0.1, 0.15) is 5.82 Å². The number of halogens is 2. The van der Waals surface area contributed by atoms with Gasteiger partial charge in [0.25, 0.3) is 0 Å². The topological polar surface area (TPSA) is 55.1 Å². The molecule has 1 aromatic carbocycles. The number of fused-ring (bicyclic) bond motifs is 1. The van der Waals surface area contributed by atoms with Gasteiger partial charge in [-0.1, -0.05) is 12.8 Å². The van der Waals surface area contributed by atoms with Crippen molar-refractivity contribution in [3.8, 4) is 0 Å². The van der Waals surface area contributed by atoms with Crippen LogP contribution in [-0.4, -0.2) is 18.2 Å². The number of thioether (sulfide) groups is 1. The zero-order chi connectivity index (χ0) is 15.1. The molecule has 3 N–H and O–H groups in total. The number of carbonyl (C=O) groups is 1. The van der Waals surface area contributed by atoms with Crippen molar-refractivity contribution in [1.29, 1.82) is 0 Å². The second-order valence-electron chi connectivity index (χ2n) is 5.39. The van der Waals surface area contributed by atoms with Crippen molar-refractivity contribution in [2.24, 2.45) is 5.73 Å².